The normalized spacial score (nSPS) is 13.3. The average Bonchev–Trinajstić information content (AvgIpc) is 2.46. The molecule has 1 aromatic rings. The predicted molar refractivity (Wildman–Crippen MR) is 72.3 cm³/mol. The number of phenols is 1. The molecule has 0 bridgehead atoms. The number of aliphatic hydroxyl groups is 2. The molecule has 0 aliphatic heterocycles. The Morgan fingerprint density at radius 1 is 1.38 bits per heavy atom. The highest BCUT2D eigenvalue weighted by atomic mass is 16.5. The molecule has 0 aromatic heterocycles. The van der Waals surface area contributed by atoms with Crippen molar-refractivity contribution in [3.05, 3.63) is 23.3 Å². The highest BCUT2D eigenvalue weighted by Gasteiger charge is 2.24. The fourth-order valence-electron chi connectivity index (χ4n) is 1.79. The molecule has 0 saturated carbocycles. The van der Waals surface area contributed by atoms with Gasteiger partial charge in [0.05, 0.1) is 31.8 Å². The fraction of sp³-hybridized carbons (Fsp3) is 0.429. The maximum absolute atomic E-state index is 11.3. The Labute approximate surface area is 121 Å². The Kier molecular flexibility index (Phi) is 6.13. The molecule has 2 unspecified atom stereocenters. The van der Waals surface area contributed by atoms with E-state index in [9.17, 15) is 24.9 Å². The number of ether oxygens (including phenoxy) is 2. The lowest BCUT2D eigenvalue weighted by atomic mass is 9.99. The molecular formula is C14H18O7. The van der Waals surface area contributed by atoms with E-state index >= 15 is 0 Å². The van der Waals surface area contributed by atoms with Gasteiger partial charge in [-0.15, -0.1) is 0 Å². The summed E-state index contributed by atoms with van der Waals surface area (Å²) < 4.78 is 9.56. The summed E-state index contributed by atoms with van der Waals surface area (Å²) in [6, 6.07) is 2.49. The Morgan fingerprint density at radius 3 is 2.57 bits per heavy atom. The Hall–Kier alpha value is -2.12. The van der Waals surface area contributed by atoms with Gasteiger partial charge in [0.25, 0.3) is 0 Å². The van der Waals surface area contributed by atoms with Gasteiger partial charge in [0.2, 0.25) is 0 Å². The van der Waals surface area contributed by atoms with Gasteiger partial charge in [-0.05, 0) is 24.6 Å². The van der Waals surface area contributed by atoms with Crippen molar-refractivity contribution in [2.24, 2.45) is 0 Å². The Morgan fingerprint density at radius 2 is 2.05 bits per heavy atom. The van der Waals surface area contributed by atoms with E-state index in [0.29, 0.717) is 6.29 Å². The van der Waals surface area contributed by atoms with Crippen LogP contribution in [0.5, 0.6) is 11.5 Å². The van der Waals surface area contributed by atoms with E-state index in [1.54, 1.807) is 6.92 Å². The first kappa shape index (κ1) is 16.9. The third kappa shape index (κ3) is 4.17. The van der Waals surface area contributed by atoms with Crippen molar-refractivity contribution in [3.8, 4) is 11.5 Å². The second-order valence-electron chi connectivity index (χ2n) is 4.30. The van der Waals surface area contributed by atoms with E-state index < -0.39 is 24.6 Å². The Balaban J connectivity index is 2.98. The number of aldehydes is 1. The summed E-state index contributed by atoms with van der Waals surface area (Å²) in [5.41, 5.74) is 0.0512. The van der Waals surface area contributed by atoms with E-state index in [1.807, 2.05) is 0 Å². The van der Waals surface area contributed by atoms with Crippen LogP contribution < -0.4 is 4.74 Å². The lowest BCUT2D eigenvalue weighted by molar-refractivity contribution is -0.147. The van der Waals surface area contributed by atoms with Gasteiger partial charge in [-0.3, -0.25) is 9.59 Å². The number of esters is 1. The highest BCUT2D eigenvalue weighted by Crippen LogP contribution is 2.33. The number of rotatable bonds is 7. The smallest absolute Gasteiger partial charge is 0.308 e. The van der Waals surface area contributed by atoms with Crippen molar-refractivity contribution in [1.82, 2.24) is 0 Å². The molecule has 21 heavy (non-hydrogen) atoms. The summed E-state index contributed by atoms with van der Waals surface area (Å²) in [5.74, 6) is -1.02. The number of hydrogen-bond donors (Lipinski definition) is 3. The fourth-order valence-corrected chi connectivity index (χ4v) is 1.79. The molecule has 0 fully saturated rings. The Bertz CT molecular complexity index is 512. The lowest BCUT2D eigenvalue weighted by Crippen LogP contribution is -2.23. The van der Waals surface area contributed by atoms with E-state index in [2.05, 4.69) is 4.74 Å². The third-order valence-electron chi connectivity index (χ3n) is 2.86. The second-order valence-corrected chi connectivity index (χ2v) is 4.30. The zero-order valence-corrected chi connectivity index (χ0v) is 11.8. The van der Waals surface area contributed by atoms with Gasteiger partial charge in [-0.25, -0.2) is 0 Å². The minimum Gasteiger partial charge on any atom is -0.504 e. The molecule has 1 rings (SSSR count). The number of carbonyl (C=O) groups excluding carboxylic acids is 2. The largest absolute Gasteiger partial charge is 0.504 e. The van der Waals surface area contributed by atoms with Crippen molar-refractivity contribution >= 4 is 12.3 Å². The molecule has 0 spiro atoms. The van der Waals surface area contributed by atoms with Gasteiger partial charge in [0, 0.05) is 0 Å². The monoisotopic (exact) mass is 298 g/mol. The van der Waals surface area contributed by atoms with Crippen LogP contribution in [0.15, 0.2) is 12.1 Å². The summed E-state index contributed by atoms with van der Waals surface area (Å²) in [6.07, 6.45) is -2.83. The minimum atomic E-state index is -1.43. The van der Waals surface area contributed by atoms with E-state index in [1.165, 1.54) is 19.2 Å². The van der Waals surface area contributed by atoms with Gasteiger partial charge in [-0.1, -0.05) is 0 Å². The molecular weight excluding hydrogens is 280 g/mol. The number of methoxy groups -OCH3 is 1. The van der Waals surface area contributed by atoms with Crippen LogP contribution in [0.3, 0.4) is 0 Å². The number of aliphatic hydroxyl groups excluding tert-OH is 2. The number of aromatic hydroxyl groups is 1. The van der Waals surface area contributed by atoms with Gasteiger partial charge in [-0.2, -0.15) is 0 Å². The average molecular weight is 298 g/mol. The minimum absolute atomic E-state index is 0.0167. The molecule has 0 amide bonds. The standard InChI is InChI=1S/C14H18O7/c1-3-21-12(17)6-10(16)13(18)8-4-9(7-15)14(19)11(5-8)20-2/h4-5,7,10,13,16,18-19H,3,6H2,1-2H3. The SMILES string of the molecule is CCOC(=O)CC(O)C(O)c1cc(C=O)c(O)c(OC)c1. The van der Waals surface area contributed by atoms with Gasteiger partial charge in [0.1, 0.15) is 6.10 Å². The van der Waals surface area contributed by atoms with Gasteiger partial charge < -0.3 is 24.8 Å². The van der Waals surface area contributed by atoms with Gasteiger partial charge in [0.15, 0.2) is 17.8 Å². The highest BCUT2D eigenvalue weighted by molar-refractivity contribution is 5.81. The quantitative estimate of drug-likeness (QED) is 0.498. The molecule has 2 atom stereocenters. The topological polar surface area (TPSA) is 113 Å². The number of benzene rings is 1. The molecule has 0 heterocycles. The van der Waals surface area contributed by atoms with E-state index in [-0.39, 0.29) is 29.2 Å². The number of phenolic OH excluding ortho intramolecular Hbond substituents is 1. The van der Waals surface area contributed by atoms with E-state index in [0.717, 1.165) is 0 Å². The zero-order chi connectivity index (χ0) is 16.0. The molecule has 0 aliphatic rings. The first-order chi connectivity index (χ1) is 9.94. The molecule has 0 saturated heterocycles. The summed E-state index contributed by atoms with van der Waals surface area (Å²) in [6.45, 7) is 1.80. The maximum atomic E-state index is 11.3. The zero-order valence-electron chi connectivity index (χ0n) is 11.8. The lowest BCUT2D eigenvalue weighted by Gasteiger charge is -2.19. The maximum Gasteiger partial charge on any atom is 0.308 e. The van der Waals surface area contributed by atoms with Crippen LogP contribution in [0, 0.1) is 0 Å². The van der Waals surface area contributed by atoms with Crippen LogP contribution in [-0.2, 0) is 9.53 Å². The van der Waals surface area contributed by atoms with Crippen molar-refractivity contribution in [2.75, 3.05) is 13.7 Å². The van der Waals surface area contributed by atoms with Crippen molar-refractivity contribution < 1.29 is 34.4 Å². The molecule has 1 aromatic carbocycles. The van der Waals surface area contributed by atoms with Crippen LogP contribution in [0.4, 0.5) is 0 Å². The van der Waals surface area contributed by atoms with Crippen LogP contribution in [0.1, 0.15) is 35.4 Å². The second kappa shape index (κ2) is 7.61. The molecule has 116 valence electrons. The van der Waals surface area contributed by atoms with Crippen molar-refractivity contribution in [2.45, 2.75) is 25.6 Å². The van der Waals surface area contributed by atoms with E-state index in [4.69, 9.17) is 4.74 Å². The third-order valence-corrected chi connectivity index (χ3v) is 2.86. The summed E-state index contributed by atoms with van der Waals surface area (Å²) in [4.78, 5) is 22.1. The summed E-state index contributed by atoms with van der Waals surface area (Å²) in [5, 5.41) is 29.5. The summed E-state index contributed by atoms with van der Waals surface area (Å²) in [7, 11) is 1.29. The van der Waals surface area contributed by atoms with Crippen LogP contribution in [0.25, 0.3) is 0 Å². The molecule has 3 N–H and O–H groups in total. The predicted octanol–water partition coefficient (Wildman–Crippen LogP) is 0.561. The molecule has 7 nitrogen and oxygen atoms in total. The van der Waals surface area contributed by atoms with Crippen molar-refractivity contribution in [3.63, 3.8) is 0 Å². The summed E-state index contributed by atoms with van der Waals surface area (Å²) >= 11 is 0. The number of hydrogen-bond acceptors (Lipinski definition) is 7. The van der Waals surface area contributed by atoms with Crippen LogP contribution >= 0.6 is 0 Å². The van der Waals surface area contributed by atoms with Crippen LogP contribution in [-0.4, -0.2) is 47.4 Å². The first-order valence-electron chi connectivity index (χ1n) is 6.32. The molecule has 0 aliphatic carbocycles. The van der Waals surface area contributed by atoms with Crippen LogP contribution in [0.2, 0.25) is 0 Å². The molecule has 0 radical (unpaired) electrons. The number of carbonyl (C=O) groups is 2. The molecule has 7 heteroatoms. The van der Waals surface area contributed by atoms with Crippen molar-refractivity contribution in [1.29, 1.82) is 0 Å². The first-order valence-corrected chi connectivity index (χ1v) is 6.32. The van der Waals surface area contributed by atoms with Gasteiger partial charge >= 0.3 is 5.97 Å².